The second-order valence-electron chi connectivity index (χ2n) is 7.69. The molecule has 5 heteroatoms. The van der Waals surface area contributed by atoms with Gasteiger partial charge in [0.2, 0.25) is 0 Å². The van der Waals surface area contributed by atoms with Gasteiger partial charge in [0.15, 0.2) is 0 Å². The first kappa shape index (κ1) is 14.6. The van der Waals surface area contributed by atoms with E-state index in [-0.39, 0.29) is 24.1 Å². The molecular weight excluding hydrogens is 303 g/mol. The van der Waals surface area contributed by atoms with Gasteiger partial charge < -0.3 is 9.31 Å². The maximum Gasteiger partial charge on any atom is 0.477 e. The van der Waals surface area contributed by atoms with Crippen molar-refractivity contribution in [2.45, 2.75) is 57.0 Å². The van der Waals surface area contributed by atoms with E-state index in [0.29, 0.717) is 11.3 Å². The molecule has 5 atom stereocenters. The van der Waals surface area contributed by atoms with Crippen LogP contribution >= 0.6 is 22.9 Å². The molecule has 0 amide bonds. The fourth-order valence-electron chi connectivity index (χ4n) is 4.78. The molecule has 2 nitrogen and oxygen atoms in total. The van der Waals surface area contributed by atoms with Crippen molar-refractivity contribution < 1.29 is 9.31 Å². The number of halogens is 1. The SMILES string of the molecule is CC1(C)[C@@H]2C[C@H]3OB([C@H](Cl)Cc4ccsc4)O[C@@]3(C)[C@H]1C2. The van der Waals surface area contributed by atoms with Gasteiger partial charge in [-0.2, -0.15) is 11.3 Å². The van der Waals surface area contributed by atoms with E-state index in [1.165, 1.54) is 12.0 Å². The van der Waals surface area contributed by atoms with Crippen molar-refractivity contribution in [3.8, 4) is 0 Å². The highest BCUT2D eigenvalue weighted by Crippen LogP contribution is 2.65. The molecule has 2 heterocycles. The Morgan fingerprint density at radius 1 is 1.43 bits per heavy atom. The van der Waals surface area contributed by atoms with Crippen molar-refractivity contribution in [1.82, 2.24) is 0 Å². The van der Waals surface area contributed by atoms with Crippen molar-refractivity contribution in [3.63, 3.8) is 0 Å². The zero-order chi connectivity index (χ0) is 14.8. The van der Waals surface area contributed by atoms with Gasteiger partial charge in [-0.25, -0.2) is 0 Å². The lowest BCUT2D eigenvalue weighted by molar-refractivity contribution is -0.199. The minimum Gasteiger partial charge on any atom is -0.404 e. The number of thiophene rings is 1. The van der Waals surface area contributed by atoms with E-state index in [0.717, 1.165) is 18.8 Å². The van der Waals surface area contributed by atoms with Crippen molar-refractivity contribution in [1.29, 1.82) is 0 Å². The average molecular weight is 325 g/mol. The molecule has 0 radical (unpaired) electrons. The van der Waals surface area contributed by atoms with Gasteiger partial charge in [0.25, 0.3) is 0 Å². The standard InChI is InChI=1S/C16H22BClO2S/c1-15(2)11-7-12(15)16(3)13(8-11)19-17(20-16)14(18)6-10-4-5-21-9-10/h4-5,9,11-14H,6-8H2,1-3H3/t11-,12-,13+,14+,16-/m0/s1. The summed E-state index contributed by atoms with van der Waals surface area (Å²) < 4.78 is 12.6. The lowest BCUT2D eigenvalue weighted by atomic mass is 9.43. The zero-order valence-corrected chi connectivity index (χ0v) is 14.4. The molecule has 1 aromatic heterocycles. The van der Waals surface area contributed by atoms with Gasteiger partial charge in [0, 0.05) is 0 Å². The molecule has 3 aliphatic carbocycles. The molecule has 21 heavy (non-hydrogen) atoms. The molecule has 4 fully saturated rings. The Hall–Kier alpha value is -0.0251. The number of rotatable bonds is 3. The maximum atomic E-state index is 6.59. The van der Waals surface area contributed by atoms with Crippen LogP contribution < -0.4 is 0 Å². The first-order chi connectivity index (χ1) is 9.91. The largest absolute Gasteiger partial charge is 0.477 e. The first-order valence-electron chi connectivity index (χ1n) is 7.89. The number of hydrogen-bond donors (Lipinski definition) is 0. The minimum atomic E-state index is -0.267. The molecule has 2 bridgehead atoms. The Labute approximate surface area is 136 Å². The van der Waals surface area contributed by atoms with Crippen LogP contribution in [0.1, 0.15) is 39.2 Å². The smallest absolute Gasteiger partial charge is 0.404 e. The lowest BCUT2D eigenvalue weighted by Crippen LogP contribution is -2.65. The Bertz CT molecular complexity index is 534. The lowest BCUT2D eigenvalue weighted by Gasteiger charge is -2.64. The van der Waals surface area contributed by atoms with Crippen molar-refractivity contribution in [2.75, 3.05) is 0 Å². The summed E-state index contributed by atoms with van der Waals surface area (Å²) in [6.07, 6.45) is 3.45. The molecule has 3 saturated carbocycles. The summed E-state index contributed by atoms with van der Waals surface area (Å²) in [4.78, 5) is 0. The highest BCUT2D eigenvalue weighted by atomic mass is 35.5. The van der Waals surface area contributed by atoms with Gasteiger partial charge in [-0.3, -0.25) is 0 Å². The molecule has 5 rings (SSSR count). The second kappa shape index (κ2) is 4.73. The predicted molar refractivity (Wildman–Crippen MR) is 87.8 cm³/mol. The Morgan fingerprint density at radius 2 is 2.24 bits per heavy atom. The van der Waals surface area contributed by atoms with Gasteiger partial charge in [0.1, 0.15) is 0 Å². The monoisotopic (exact) mass is 324 g/mol. The molecule has 114 valence electrons. The zero-order valence-electron chi connectivity index (χ0n) is 12.8. The first-order valence-corrected chi connectivity index (χ1v) is 9.27. The van der Waals surface area contributed by atoms with Crippen LogP contribution in [0.3, 0.4) is 0 Å². The quantitative estimate of drug-likeness (QED) is 0.614. The van der Waals surface area contributed by atoms with E-state index in [1.807, 2.05) is 0 Å². The van der Waals surface area contributed by atoms with Crippen LogP contribution in [0.5, 0.6) is 0 Å². The molecule has 0 spiro atoms. The molecule has 1 saturated heterocycles. The Balaban J connectivity index is 1.49. The van der Waals surface area contributed by atoms with Gasteiger partial charge in [-0.15, -0.1) is 11.6 Å². The fourth-order valence-corrected chi connectivity index (χ4v) is 5.75. The predicted octanol–water partition coefficient (Wildman–Crippen LogP) is 4.17. The van der Waals surface area contributed by atoms with E-state index in [4.69, 9.17) is 20.9 Å². The van der Waals surface area contributed by atoms with E-state index in [2.05, 4.69) is 37.6 Å². The van der Waals surface area contributed by atoms with Crippen LogP contribution in [0.2, 0.25) is 0 Å². The number of hydrogen-bond acceptors (Lipinski definition) is 3. The minimum absolute atomic E-state index is 0.109. The van der Waals surface area contributed by atoms with Gasteiger partial charge >= 0.3 is 7.12 Å². The van der Waals surface area contributed by atoms with Crippen LogP contribution in [0, 0.1) is 17.3 Å². The van der Waals surface area contributed by atoms with Crippen LogP contribution in [0.4, 0.5) is 0 Å². The third-order valence-electron chi connectivity index (χ3n) is 6.27. The van der Waals surface area contributed by atoms with E-state index in [1.54, 1.807) is 11.3 Å². The van der Waals surface area contributed by atoms with Crippen molar-refractivity contribution in [3.05, 3.63) is 22.4 Å². The highest BCUT2D eigenvalue weighted by Gasteiger charge is 2.68. The molecule has 0 N–H and O–H groups in total. The normalized spacial score (nSPS) is 41.5. The third kappa shape index (κ3) is 2.06. The summed E-state index contributed by atoms with van der Waals surface area (Å²) in [5, 5.41) is 4.13. The molecule has 1 aromatic rings. The van der Waals surface area contributed by atoms with Gasteiger partial charge in [-0.05, 0) is 65.8 Å². The summed E-state index contributed by atoms with van der Waals surface area (Å²) in [7, 11) is -0.267. The van der Waals surface area contributed by atoms with Crippen LogP contribution in [0.15, 0.2) is 16.8 Å². The Kier molecular flexibility index (Phi) is 3.28. The summed E-state index contributed by atoms with van der Waals surface area (Å²) in [5.41, 5.74) is 1.51. The van der Waals surface area contributed by atoms with E-state index < -0.39 is 0 Å². The average Bonchev–Trinajstić information content (AvgIpc) is 3.03. The summed E-state index contributed by atoms with van der Waals surface area (Å²) in [6.45, 7) is 7.01. The van der Waals surface area contributed by atoms with Crippen LogP contribution in [0.25, 0.3) is 0 Å². The highest BCUT2D eigenvalue weighted by molar-refractivity contribution is 7.07. The number of alkyl halides is 1. The molecule has 1 aliphatic heterocycles. The molecule has 0 unspecified atom stereocenters. The summed E-state index contributed by atoms with van der Waals surface area (Å²) >= 11 is 8.30. The third-order valence-corrected chi connectivity index (χ3v) is 7.37. The fraction of sp³-hybridized carbons (Fsp3) is 0.750. The van der Waals surface area contributed by atoms with Crippen LogP contribution in [-0.2, 0) is 15.7 Å². The molecule has 4 aliphatic rings. The van der Waals surface area contributed by atoms with Crippen LogP contribution in [-0.4, -0.2) is 24.1 Å². The van der Waals surface area contributed by atoms with Crippen molar-refractivity contribution >= 4 is 30.1 Å². The Morgan fingerprint density at radius 3 is 2.90 bits per heavy atom. The molecule has 0 aromatic carbocycles. The molecular formula is C16H22BClO2S. The van der Waals surface area contributed by atoms with Crippen molar-refractivity contribution in [2.24, 2.45) is 17.3 Å². The van der Waals surface area contributed by atoms with E-state index >= 15 is 0 Å². The van der Waals surface area contributed by atoms with Gasteiger partial charge in [0.05, 0.1) is 17.0 Å². The summed E-state index contributed by atoms with van der Waals surface area (Å²) in [5.74, 6) is 1.39. The second-order valence-corrected chi connectivity index (χ2v) is 9.03. The summed E-state index contributed by atoms with van der Waals surface area (Å²) in [6, 6.07) is 2.13. The van der Waals surface area contributed by atoms with E-state index in [9.17, 15) is 0 Å². The maximum absolute atomic E-state index is 6.59. The topological polar surface area (TPSA) is 18.5 Å². The van der Waals surface area contributed by atoms with Gasteiger partial charge in [-0.1, -0.05) is 13.8 Å².